The highest BCUT2D eigenvalue weighted by Gasteiger charge is 2.20. The maximum absolute atomic E-state index is 8.93. The third-order valence-corrected chi connectivity index (χ3v) is 3.86. The molecule has 1 fully saturated rings. The SMILES string of the molecule is COc1cccc(OCCN2CCN([C@@H](C)C#N)CC2)c1. The molecular weight excluding hydrogens is 266 g/mol. The Morgan fingerprint density at radius 1 is 1.24 bits per heavy atom. The third kappa shape index (κ3) is 4.62. The summed E-state index contributed by atoms with van der Waals surface area (Å²) in [6.07, 6.45) is 0. The Morgan fingerprint density at radius 3 is 2.62 bits per heavy atom. The lowest BCUT2D eigenvalue weighted by Crippen LogP contribution is -2.50. The van der Waals surface area contributed by atoms with E-state index in [-0.39, 0.29) is 6.04 Å². The molecule has 1 aromatic rings. The summed E-state index contributed by atoms with van der Waals surface area (Å²) in [5, 5.41) is 8.93. The number of rotatable bonds is 6. The largest absolute Gasteiger partial charge is 0.497 e. The molecule has 114 valence electrons. The van der Waals surface area contributed by atoms with E-state index in [2.05, 4.69) is 15.9 Å². The minimum atomic E-state index is 0.0141. The molecule has 1 aliphatic heterocycles. The van der Waals surface area contributed by atoms with Gasteiger partial charge in [0.15, 0.2) is 0 Å². The van der Waals surface area contributed by atoms with Crippen LogP contribution in [0.4, 0.5) is 0 Å². The lowest BCUT2D eigenvalue weighted by Gasteiger charge is -2.35. The van der Waals surface area contributed by atoms with E-state index in [0.29, 0.717) is 6.61 Å². The topological polar surface area (TPSA) is 48.7 Å². The fraction of sp³-hybridized carbons (Fsp3) is 0.562. The van der Waals surface area contributed by atoms with Gasteiger partial charge >= 0.3 is 0 Å². The number of nitriles is 1. The van der Waals surface area contributed by atoms with E-state index in [4.69, 9.17) is 14.7 Å². The zero-order valence-electron chi connectivity index (χ0n) is 12.8. The van der Waals surface area contributed by atoms with Gasteiger partial charge in [-0.05, 0) is 19.1 Å². The summed E-state index contributed by atoms with van der Waals surface area (Å²) in [5.74, 6) is 1.65. The molecule has 0 unspecified atom stereocenters. The molecule has 0 aromatic heterocycles. The highest BCUT2D eigenvalue weighted by molar-refractivity contribution is 5.32. The fourth-order valence-corrected chi connectivity index (χ4v) is 2.44. The molecule has 1 aliphatic rings. The summed E-state index contributed by atoms with van der Waals surface area (Å²) in [5.41, 5.74) is 0. The molecule has 0 amide bonds. The first kappa shape index (κ1) is 15.6. The number of nitrogens with zero attached hydrogens (tertiary/aromatic N) is 3. The Bertz CT molecular complexity index is 479. The van der Waals surface area contributed by atoms with Crippen LogP contribution in [0.1, 0.15) is 6.92 Å². The minimum Gasteiger partial charge on any atom is -0.497 e. The predicted molar refractivity (Wildman–Crippen MR) is 81.6 cm³/mol. The molecule has 0 bridgehead atoms. The van der Waals surface area contributed by atoms with Crippen LogP contribution < -0.4 is 9.47 Å². The van der Waals surface area contributed by atoms with E-state index in [9.17, 15) is 0 Å². The van der Waals surface area contributed by atoms with Crippen LogP contribution in [0, 0.1) is 11.3 Å². The zero-order valence-corrected chi connectivity index (χ0v) is 12.8. The molecule has 1 aromatic carbocycles. The molecule has 0 radical (unpaired) electrons. The standard InChI is InChI=1S/C16H23N3O2/c1-14(13-17)19-8-6-18(7-9-19)10-11-21-16-5-3-4-15(12-16)20-2/h3-5,12,14H,6-11H2,1-2H3/t14-/m0/s1. The normalized spacial score (nSPS) is 18.0. The molecular formula is C16H23N3O2. The van der Waals surface area contributed by atoms with E-state index in [1.165, 1.54) is 0 Å². The monoisotopic (exact) mass is 289 g/mol. The lowest BCUT2D eigenvalue weighted by atomic mass is 10.2. The van der Waals surface area contributed by atoms with Crippen LogP contribution in [0.15, 0.2) is 24.3 Å². The van der Waals surface area contributed by atoms with E-state index in [1.807, 2.05) is 31.2 Å². The van der Waals surface area contributed by atoms with Crippen molar-refractivity contribution in [1.82, 2.24) is 9.80 Å². The summed E-state index contributed by atoms with van der Waals surface area (Å²) in [4.78, 5) is 4.60. The van der Waals surface area contributed by atoms with Crippen molar-refractivity contribution < 1.29 is 9.47 Å². The number of ether oxygens (including phenoxy) is 2. The van der Waals surface area contributed by atoms with E-state index < -0.39 is 0 Å². The molecule has 5 heteroatoms. The molecule has 1 atom stereocenters. The fourth-order valence-electron chi connectivity index (χ4n) is 2.44. The molecule has 21 heavy (non-hydrogen) atoms. The van der Waals surface area contributed by atoms with Crippen molar-refractivity contribution in [1.29, 1.82) is 5.26 Å². The summed E-state index contributed by atoms with van der Waals surface area (Å²) >= 11 is 0. The van der Waals surface area contributed by atoms with Gasteiger partial charge in [0.05, 0.1) is 19.2 Å². The summed E-state index contributed by atoms with van der Waals surface area (Å²) in [7, 11) is 1.65. The molecule has 0 N–H and O–H groups in total. The third-order valence-electron chi connectivity index (χ3n) is 3.86. The van der Waals surface area contributed by atoms with Gasteiger partial charge in [-0.2, -0.15) is 5.26 Å². The molecule has 0 saturated carbocycles. The molecule has 1 heterocycles. The van der Waals surface area contributed by atoms with Gasteiger partial charge in [0.2, 0.25) is 0 Å². The molecule has 2 rings (SSSR count). The molecule has 0 aliphatic carbocycles. The second-order valence-electron chi connectivity index (χ2n) is 5.21. The van der Waals surface area contributed by atoms with Gasteiger partial charge in [-0.1, -0.05) is 6.07 Å². The number of hydrogen-bond acceptors (Lipinski definition) is 5. The van der Waals surface area contributed by atoms with E-state index in [1.54, 1.807) is 7.11 Å². The summed E-state index contributed by atoms with van der Waals surface area (Å²) in [6.45, 7) is 7.43. The molecule has 1 saturated heterocycles. The van der Waals surface area contributed by atoms with Crippen molar-refractivity contribution in [3.05, 3.63) is 24.3 Å². The predicted octanol–water partition coefficient (Wildman–Crippen LogP) is 1.60. The van der Waals surface area contributed by atoms with Gasteiger partial charge in [0, 0.05) is 38.8 Å². The molecule has 0 spiro atoms. The number of benzene rings is 1. The van der Waals surface area contributed by atoms with Crippen molar-refractivity contribution in [3.8, 4) is 17.6 Å². The Hall–Kier alpha value is -1.77. The van der Waals surface area contributed by atoms with Crippen molar-refractivity contribution in [3.63, 3.8) is 0 Å². The van der Waals surface area contributed by atoms with Crippen molar-refractivity contribution in [2.75, 3.05) is 46.4 Å². The van der Waals surface area contributed by atoms with Crippen molar-refractivity contribution in [2.45, 2.75) is 13.0 Å². The zero-order chi connectivity index (χ0) is 15.1. The van der Waals surface area contributed by atoms with Crippen LogP contribution in [-0.2, 0) is 0 Å². The van der Waals surface area contributed by atoms with Crippen molar-refractivity contribution >= 4 is 0 Å². The van der Waals surface area contributed by atoms with Crippen LogP contribution in [0.5, 0.6) is 11.5 Å². The van der Waals surface area contributed by atoms with E-state index >= 15 is 0 Å². The van der Waals surface area contributed by atoms with Crippen LogP contribution in [0.25, 0.3) is 0 Å². The average Bonchev–Trinajstić information content (AvgIpc) is 2.55. The maximum Gasteiger partial charge on any atom is 0.123 e. The van der Waals surface area contributed by atoms with Crippen molar-refractivity contribution in [2.24, 2.45) is 0 Å². The Kier molecular flexibility index (Phi) is 5.85. The first-order chi connectivity index (χ1) is 10.2. The second-order valence-corrected chi connectivity index (χ2v) is 5.21. The minimum absolute atomic E-state index is 0.0141. The Morgan fingerprint density at radius 2 is 1.95 bits per heavy atom. The van der Waals surface area contributed by atoms with Crippen LogP contribution >= 0.6 is 0 Å². The average molecular weight is 289 g/mol. The first-order valence-corrected chi connectivity index (χ1v) is 7.36. The van der Waals surface area contributed by atoms with Crippen LogP contribution in [0.2, 0.25) is 0 Å². The highest BCUT2D eigenvalue weighted by Crippen LogP contribution is 2.18. The quantitative estimate of drug-likeness (QED) is 0.796. The highest BCUT2D eigenvalue weighted by atomic mass is 16.5. The maximum atomic E-state index is 8.93. The Labute approximate surface area is 126 Å². The first-order valence-electron chi connectivity index (χ1n) is 7.36. The van der Waals surface area contributed by atoms with Gasteiger partial charge in [0.1, 0.15) is 18.1 Å². The van der Waals surface area contributed by atoms with Gasteiger partial charge in [0.25, 0.3) is 0 Å². The smallest absolute Gasteiger partial charge is 0.123 e. The number of hydrogen-bond donors (Lipinski definition) is 0. The van der Waals surface area contributed by atoms with Gasteiger partial charge < -0.3 is 9.47 Å². The lowest BCUT2D eigenvalue weighted by molar-refractivity contribution is 0.106. The van der Waals surface area contributed by atoms with Crippen LogP contribution in [-0.4, -0.2) is 62.3 Å². The number of piperazine rings is 1. The Balaban J connectivity index is 1.69. The second kappa shape index (κ2) is 7.87. The van der Waals surface area contributed by atoms with E-state index in [0.717, 1.165) is 44.2 Å². The van der Waals surface area contributed by atoms with Gasteiger partial charge in [-0.15, -0.1) is 0 Å². The molecule has 5 nitrogen and oxygen atoms in total. The van der Waals surface area contributed by atoms with Crippen LogP contribution in [0.3, 0.4) is 0 Å². The van der Waals surface area contributed by atoms with Gasteiger partial charge in [-0.25, -0.2) is 0 Å². The number of methoxy groups -OCH3 is 1. The van der Waals surface area contributed by atoms with Gasteiger partial charge in [-0.3, -0.25) is 9.80 Å². The summed E-state index contributed by atoms with van der Waals surface area (Å²) in [6, 6.07) is 9.98. The summed E-state index contributed by atoms with van der Waals surface area (Å²) < 4.78 is 10.9.